The molecule has 56 heavy (non-hydrogen) atoms. The molecule has 17 heteroatoms. The summed E-state index contributed by atoms with van der Waals surface area (Å²) in [6, 6.07) is 5.99. The molecule has 17 nitrogen and oxygen atoms in total. The van der Waals surface area contributed by atoms with Gasteiger partial charge in [0, 0.05) is 24.8 Å². The Labute approximate surface area is 323 Å². The molecule has 0 unspecified atom stereocenters. The molecule has 1 aromatic carbocycles. The number of imidazole rings is 3. The number of hydrogen-bond donors (Lipinski definition) is 4. The third kappa shape index (κ3) is 7.57. The molecule has 296 valence electrons. The quantitative estimate of drug-likeness (QED) is 0.134. The Balaban J connectivity index is 1.02. The summed E-state index contributed by atoms with van der Waals surface area (Å²) in [7, 11) is 2.56. The highest BCUT2D eigenvalue weighted by Crippen LogP contribution is 2.35. The van der Waals surface area contributed by atoms with Crippen LogP contribution in [0.4, 0.5) is 9.59 Å². The number of alkyl carbamates (subject to hydrolysis) is 2. The number of nitrogens with zero attached hydrogens (tertiary/aromatic N) is 6. The second-order valence-electron chi connectivity index (χ2n) is 14.9. The average Bonchev–Trinajstić information content (AvgIpc) is 4.04. The summed E-state index contributed by atoms with van der Waals surface area (Å²) in [5.74, 6) is 1.84. The number of likely N-dealkylation sites (tertiary alicyclic amines) is 2. The molecule has 0 bridgehead atoms. The number of rotatable bonds is 11. The van der Waals surface area contributed by atoms with E-state index in [0.29, 0.717) is 47.7 Å². The molecule has 2 fully saturated rings. The van der Waals surface area contributed by atoms with Crippen molar-refractivity contribution in [1.82, 2.24) is 49.8 Å². The van der Waals surface area contributed by atoms with Crippen LogP contribution in [-0.4, -0.2) is 103 Å². The van der Waals surface area contributed by atoms with Crippen molar-refractivity contribution in [1.29, 1.82) is 0 Å². The van der Waals surface area contributed by atoms with Crippen LogP contribution in [0.25, 0.3) is 39.8 Å². The number of nitrogens with one attached hydrogen (secondary N) is 4. The summed E-state index contributed by atoms with van der Waals surface area (Å²) in [6.07, 6.45) is 9.09. The van der Waals surface area contributed by atoms with Crippen LogP contribution in [-0.2, 0) is 19.1 Å². The monoisotopic (exact) mass is 768 g/mol. The van der Waals surface area contributed by atoms with Crippen LogP contribution >= 0.6 is 0 Å². The first-order chi connectivity index (χ1) is 26.9. The number of fused-ring (bicyclic) bond motifs is 1. The Morgan fingerprint density at radius 1 is 0.750 bits per heavy atom. The number of carbonyl (C=O) groups is 4. The standard InChI is InChI=1S/C39H48N10O7/c1-21(2)31(45-38(52)54-5)35(50)48-15-7-9-28(48)33-40-17-25(42-33)23-11-13-24(14-12-23)30-20-47-19-27(44-37(47)56-30)26-18-41-34(43-26)29-10-8-16-49(29)36(51)32(22(3)4)46-39(53)55-6/h11-14,17-22,28-29,31-32H,7-10,15-16H2,1-6H3,(H,40,42)(H,41,43)(H,45,52)(H,46,53)/t28-,29-,31-,32-/m0/s1. The van der Waals surface area contributed by atoms with E-state index in [2.05, 4.69) is 30.6 Å². The zero-order valence-corrected chi connectivity index (χ0v) is 32.4. The number of amides is 4. The van der Waals surface area contributed by atoms with Gasteiger partial charge >= 0.3 is 18.0 Å². The van der Waals surface area contributed by atoms with Crippen molar-refractivity contribution in [2.24, 2.45) is 11.8 Å². The van der Waals surface area contributed by atoms with Crippen LogP contribution < -0.4 is 10.6 Å². The first kappa shape index (κ1) is 38.2. The minimum Gasteiger partial charge on any atom is -0.453 e. The number of oxazole rings is 1. The van der Waals surface area contributed by atoms with Crippen molar-refractivity contribution in [2.75, 3.05) is 27.3 Å². The highest BCUT2D eigenvalue weighted by atomic mass is 16.5. The number of carbonyl (C=O) groups excluding carboxylic acids is 4. The fourth-order valence-corrected chi connectivity index (χ4v) is 7.55. The van der Waals surface area contributed by atoms with Gasteiger partial charge in [-0.05, 0) is 43.1 Å². The fraction of sp³-hybridized carbons (Fsp3) is 0.462. The van der Waals surface area contributed by atoms with Crippen LogP contribution in [0.3, 0.4) is 0 Å². The maximum atomic E-state index is 13.5. The molecule has 4 amide bonds. The lowest BCUT2D eigenvalue weighted by Gasteiger charge is -2.30. The Morgan fingerprint density at radius 2 is 1.25 bits per heavy atom. The van der Waals surface area contributed by atoms with Crippen LogP contribution in [0.15, 0.2) is 53.5 Å². The lowest BCUT2D eigenvalue weighted by molar-refractivity contribution is -0.136. The molecule has 5 aromatic rings. The van der Waals surface area contributed by atoms with E-state index in [4.69, 9.17) is 18.9 Å². The van der Waals surface area contributed by atoms with Crippen molar-refractivity contribution >= 4 is 29.8 Å². The SMILES string of the molecule is COC(=O)N[C@H](C(=O)N1CCC[C@H]1c1ncc(-c2ccc(-c3cn4cc(-c5cnc([C@@H]6CCCN6C(=O)[C@@H](NC(=O)OC)C(C)C)[nH]5)nc4o3)cc2)[nH]1)C(C)C. The smallest absolute Gasteiger partial charge is 0.407 e. The van der Waals surface area contributed by atoms with Gasteiger partial charge in [-0.15, -0.1) is 0 Å². The van der Waals surface area contributed by atoms with Crippen molar-refractivity contribution in [3.8, 4) is 34.0 Å². The largest absolute Gasteiger partial charge is 0.453 e. The van der Waals surface area contributed by atoms with E-state index in [1.54, 1.807) is 22.2 Å². The van der Waals surface area contributed by atoms with E-state index in [-0.39, 0.29) is 35.7 Å². The molecule has 4 atom stereocenters. The molecule has 0 aliphatic carbocycles. The molecule has 2 aliphatic rings. The Hall–Kier alpha value is -6.13. The molecule has 4 N–H and O–H groups in total. The lowest BCUT2D eigenvalue weighted by Crippen LogP contribution is -2.51. The number of hydrogen-bond acceptors (Lipinski definition) is 10. The maximum absolute atomic E-state index is 13.5. The van der Waals surface area contributed by atoms with Crippen molar-refractivity contribution in [3.63, 3.8) is 0 Å². The predicted octanol–water partition coefficient (Wildman–Crippen LogP) is 5.46. The van der Waals surface area contributed by atoms with E-state index < -0.39 is 24.3 Å². The summed E-state index contributed by atoms with van der Waals surface area (Å²) < 4.78 is 17.5. The number of benzene rings is 1. The number of aromatic nitrogens is 6. The zero-order valence-electron chi connectivity index (χ0n) is 32.4. The normalized spacial score (nSPS) is 18.1. The van der Waals surface area contributed by atoms with Crippen LogP contribution in [0, 0.1) is 11.8 Å². The molecule has 6 heterocycles. The third-order valence-electron chi connectivity index (χ3n) is 10.6. The Kier molecular flexibility index (Phi) is 10.8. The van der Waals surface area contributed by atoms with Crippen molar-refractivity contribution in [2.45, 2.75) is 77.5 Å². The summed E-state index contributed by atoms with van der Waals surface area (Å²) in [6.45, 7) is 8.69. The van der Waals surface area contributed by atoms with Gasteiger partial charge in [0.1, 0.15) is 29.4 Å². The molecule has 0 saturated carbocycles. The topological polar surface area (TPSA) is 205 Å². The van der Waals surface area contributed by atoms with Crippen molar-refractivity contribution in [3.05, 3.63) is 60.7 Å². The van der Waals surface area contributed by atoms with Gasteiger partial charge in [0.15, 0.2) is 5.76 Å². The molecular formula is C39H48N10O7. The van der Waals surface area contributed by atoms with Gasteiger partial charge in [-0.25, -0.2) is 19.6 Å². The molecule has 2 saturated heterocycles. The van der Waals surface area contributed by atoms with Gasteiger partial charge < -0.3 is 44.3 Å². The van der Waals surface area contributed by atoms with E-state index in [9.17, 15) is 19.2 Å². The first-order valence-electron chi connectivity index (χ1n) is 18.9. The highest BCUT2D eigenvalue weighted by Gasteiger charge is 2.39. The van der Waals surface area contributed by atoms with Crippen LogP contribution in [0.5, 0.6) is 0 Å². The molecule has 4 aromatic heterocycles. The minimum atomic E-state index is -0.712. The van der Waals surface area contributed by atoms with Gasteiger partial charge in [-0.3, -0.25) is 14.0 Å². The zero-order chi connectivity index (χ0) is 39.7. The van der Waals surface area contributed by atoms with Gasteiger partial charge in [0.05, 0.1) is 56.3 Å². The number of aromatic amines is 2. The number of H-pyrrole nitrogens is 2. The third-order valence-corrected chi connectivity index (χ3v) is 10.6. The van der Waals surface area contributed by atoms with Gasteiger partial charge in [-0.1, -0.05) is 52.0 Å². The van der Waals surface area contributed by atoms with Crippen LogP contribution in [0.2, 0.25) is 0 Å². The Morgan fingerprint density at radius 3 is 1.75 bits per heavy atom. The average molecular weight is 769 g/mol. The molecule has 2 aliphatic heterocycles. The second kappa shape index (κ2) is 15.9. The van der Waals surface area contributed by atoms with E-state index in [0.717, 1.165) is 42.5 Å². The lowest BCUT2D eigenvalue weighted by atomic mass is 10.0. The van der Waals surface area contributed by atoms with Gasteiger partial charge in [0.25, 0.3) is 0 Å². The predicted molar refractivity (Wildman–Crippen MR) is 204 cm³/mol. The maximum Gasteiger partial charge on any atom is 0.407 e. The molecule has 0 spiro atoms. The molecule has 0 radical (unpaired) electrons. The van der Waals surface area contributed by atoms with E-state index in [1.807, 2.05) is 68.8 Å². The van der Waals surface area contributed by atoms with Crippen molar-refractivity contribution < 1.29 is 33.1 Å². The fourth-order valence-electron chi connectivity index (χ4n) is 7.55. The summed E-state index contributed by atoms with van der Waals surface area (Å²) in [4.78, 5) is 75.2. The molecular weight excluding hydrogens is 720 g/mol. The van der Waals surface area contributed by atoms with E-state index in [1.165, 1.54) is 14.2 Å². The number of ether oxygens (including phenoxy) is 2. The van der Waals surface area contributed by atoms with Crippen LogP contribution in [0.1, 0.15) is 77.1 Å². The van der Waals surface area contributed by atoms with Gasteiger partial charge in [0.2, 0.25) is 11.8 Å². The summed E-state index contributed by atoms with van der Waals surface area (Å²) in [5.41, 5.74) is 3.94. The highest BCUT2D eigenvalue weighted by molar-refractivity contribution is 5.87. The van der Waals surface area contributed by atoms with Gasteiger partial charge in [-0.2, -0.15) is 4.98 Å². The second-order valence-corrected chi connectivity index (χ2v) is 14.9. The summed E-state index contributed by atoms with van der Waals surface area (Å²) in [5, 5.41) is 5.36. The minimum absolute atomic E-state index is 0.116. The number of methoxy groups -OCH3 is 2. The van der Waals surface area contributed by atoms with E-state index >= 15 is 0 Å². The Bertz CT molecular complexity index is 2170. The first-order valence-corrected chi connectivity index (χ1v) is 18.9. The molecule has 7 rings (SSSR count). The summed E-state index contributed by atoms with van der Waals surface area (Å²) >= 11 is 0.